The highest BCUT2D eigenvalue weighted by Crippen LogP contribution is 2.21. The average Bonchev–Trinajstić information content (AvgIpc) is 2.29. The molecule has 1 rings (SSSR count). The maximum Gasteiger partial charge on any atom is 0.408 e. The molecule has 1 aromatic heterocycles. The van der Waals surface area contributed by atoms with Crippen LogP contribution in [0.5, 0.6) is 0 Å². The SMILES string of the molecule is O=S(=O)(Cl)c1ccnn1CC(F)(F)F. The molecule has 0 N–H and O–H groups in total. The second-order valence-electron chi connectivity index (χ2n) is 2.38. The predicted octanol–water partition coefficient (Wildman–Crippen LogP) is 1.37. The second kappa shape index (κ2) is 3.43. The standard InChI is InChI=1S/C5H4ClF3N2O2S/c6-14(12,13)4-1-2-10-11(4)3-5(7,8)9/h1-2H,3H2. The van der Waals surface area contributed by atoms with E-state index < -0.39 is 26.8 Å². The molecule has 0 aliphatic carbocycles. The quantitative estimate of drug-likeness (QED) is 0.743. The normalized spacial score (nSPS) is 13.1. The fourth-order valence-corrected chi connectivity index (χ4v) is 1.80. The van der Waals surface area contributed by atoms with Crippen molar-refractivity contribution in [2.45, 2.75) is 17.7 Å². The van der Waals surface area contributed by atoms with Gasteiger partial charge in [0, 0.05) is 10.7 Å². The molecule has 80 valence electrons. The highest BCUT2D eigenvalue weighted by atomic mass is 35.7. The number of nitrogens with zero attached hydrogens (tertiary/aromatic N) is 2. The minimum atomic E-state index is -4.54. The minimum Gasteiger partial charge on any atom is -0.244 e. The zero-order valence-corrected chi connectivity index (χ0v) is 8.07. The van der Waals surface area contributed by atoms with Crippen LogP contribution < -0.4 is 0 Å². The zero-order chi connectivity index (χ0) is 11.0. The lowest BCUT2D eigenvalue weighted by molar-refractivity contribution is -0.144. The third-order valence-electron chi connectivity index (χ3n) is 1.26. The molecule has 0 unspecified atom stereocenters. The van der Waals surface area contributed by atoms with E-state index in [1.807, 2.05) is 0 Å². The molecule has 4 nitrogen and oxygen atoms in total. The molecular weight excluding hydrogens is 245 g/mol. The molecule has 0 saturated heterocycles. The van der Waals surface area contributed by atoms with Gasteiger partial charge in [0.25, 0.3) is 9.05 Å². The fourth-order valence-electron chi connectivity index (χ4n) is 0.816. The van der Waals surface area contributed by atoms with Gasteiger partial charge in [-0.3, -0.25) is 0 Å². The number of hydrogen-bond acceptors (Lipinski definition) is 3. The highest BCUT2D eigenvalue weighted by Gasteiger charge is 2.31. The Morgan fingerprint density at radius 2 is 2.07 bits per heavy atom. The lowest BCUT2D eigenvalue weighted by atomic mass is 10.6. The Bertz CT molecular complexity index is 424. The Balaban J connectivity index is 3.07. The van der Waals surface area contributed by atoms with Crippen LogP contribution in [-0.4, -0.2) is 24.4 Å². The monoisotopic (exact) mass is 248 g/mol. The summed E-state index contributed by atoms with van der Waals surface area (Å²) >= 11 is 0. The van der Waals surface area contributed by atoms with Crippen molar-refractivity contribution in [3.63, 3.8) is 0 Å². The van der Waals surface area contributed by atoms with Gasteiger partial charge in [0.15, 0.2) is 5.03 Å². The second-order valence-corrected chi connectivity index (χ2v) is 4.89. The Labute approximate surface area is 81.7 Å². The van der Waals surface area contributed by atoms with Crippen molar-refractivity contribution in [1.29, 1.82) is 0 Å². The largest absolute Gasteiger partial charge is 0.408 e. The Morgan fingerprint density at radius 1 is 1.50 bits per heavy atom. The molecule has 0 saturated carbocycles. The summed E-state index contributed by atoms with van der Waals surface area (Å²) < 4.78 is 57.4. The van der Waals surface area contributed by atoms with Crippen LogP contribution in [-0.2, 0) is 15.6 Å². The summed E-state index contributed by atoms with van der Waals surface area (Å²) in [6.07, 6.45) is -3.61. The van der Waals surface area contributed by atoms with Gasteiger partial charge in [-0.1, -0.05) is 0 Å². The van der Waals surface area contributed by atoms with Crippen LogP contribution in [0.1, 0.15) is 0 Å². The minimum absolute atomic E-state index is 0.280. The maximum absolute atomic E-state index is 11.9. The van der Waals surface area contributed by atoms with Crippen molar-refractivity contribution in [3.8, 4) is 0 Å². The van der Waals surface area contributed by atoms with Crippen molar-refractivity contribution in [2.24, 2.45) is 0 Å². The summed E-state index contributed by atoms with van der Waals surface area (Å²) in [6.45, 7) is -1.48. The number of alkyl halides is 3. The number of rotatable bonds is 2. The summed E-state index contributed by atoms with van der Waals surface area (Å²) in [7, 11) is 0.688. The van der Waals surface area contributed by atoms with Crippen molar-refractivity contribution < 1.29 is 21.6 Å². The molecule has 0 fully saturated rings. The van der Waals surface area contributed by atoms with Gasteiger partial charge in [0.2, 0.25) is 0 Å². The fraction of sp³-hybridized carbons (Fsp3) is 0.400. The van der Waals surface area contributed by atoms with Crippen molar-refractivity contribution in [2.75, 3.05) is 0 Å². The van der Waals surface area contributed by atoms with Gasteiger partial charge < -0.3 is 0 Å². The molecule has 0 amide bonds. The van der Waals surface area contributed by atoms with Crippen LogP contribution >= 0.6 is 10.7 Å². The first-order valence-electron chi connectivity index (χ1n) is 3.23. The molecule has 9 heteroatoms. The lowest BCUT2D eigenvalue weighted by Crippen LogP contribution is -2.20. The maximum atomic E-state index is 11.9. The van der Waals surface area contributed by atoms with Gasteiger partial charge in [-0.2, -0.15) is 18.3 Å². The molecule has 0 radical (unpaired) electrons. The van der Waals surface area contributed by atoms with E-state index in [0.717, 1.165) is 12.3 Å². The van der Waals surface area contributed by atoms with E-state index in [1.54, 1.807) is 0 Å². The summed E-state index contributed by atoms with van der Waals surface area (Å²) in [5.74, 6) is 0. The van der Waals surface area contributed by atoms with Crippen LogP contribution in [0, 0.1) is 0 Å². The average molecular weight is 249 g/mol. The van der Waals surface area contributed by atoms with E-state index >= 15 is 0 Å². The third-order valence-corrected chi connectivity index (χ3v) is 2.58. The highest BCUT2D eigenvalue weighted by molar-refractivity contribution is 8.13. The van der Waals surface area contributed by atoms with Gasteiger partial charge in [-0.05, 0) is 6.07 Å². The lowest BCUT2D eigenvalue weighted by Gasteiger charge is -2.07. The van der Waals surface area contributed by atoms with Crippen LogP contribution in [0.3, 0.4) is 0 Å². The molecular formula is C5H4ClF3N2O2S. The predicted molar refractivity (Wildman–Crippen MR) is 41.3 cm³/mol. The summed E-state index contributed by atoms with van der Waals surface area (Å²) in [5.41, 5.74) is 0. The summed E-state index contributed by atoms with van der Waals surface area (Å²) in [5, 5.41) is 2.53. The topological polar surface area (TPSA) is 52.0 Å². The first kappa shape index (κ1) is 11.3. The van der Waals surface area contributed by atoms with Crippen LogP contribution in [0.4, 0.5) is 13.2 Å². The van der Waals surface area contributed by atoms with E-state index in [0.29, 0.717) is 0 Å². The molecule has 0 aliphatic heterocycles. The van der Waals surface area contributed by atoms with Crippen molar-refractivity contribution >= 4 is 19.7 Å². The van der Waals surface area contributed by atoms with Gasteiger partial charge in [-0.25, -0.2) is 13.1 Å². The zero-order valence-electron chi connectivity index (χ0n) is 6.49. The number of aromatic nitrogens is 2. The third kappa shape index (κ3) is 2.88. The molecule has 14 heavy (non-hydrogen) atoms. The molecule has 0 spiro atoms. The molecule has 1 aromatic rings. The van der Waals surface area contributed by atoms with E-state index in [2.05, 4.69) is 5.10 Å². The Hall–Kier alpha value is -0.760. The van der Waals surface area contributed by atoms with E-state index in [1.165, 1.54) is 0 Å². The van der Waals surface area contributed by atoms with Crippen LogP contribution in [0.25, 0.3) is 0 Å². The number of halogens is 4. The summed E-state index contributed by atoms with van der Waals surface area (Å²) in [6, 6.07) is 0.897. The molecule has 0 bridgehead atoms. The van der Waals surface area contributed by atoms with Gasteiger partial charge >= 0.3 is 6.18 Å². The summed E-state index contributed by atoms with van der Waals surface area (Å²) in [4.78, 5) is 0. The van der Waals surface area contributed by atoms with E-state index in [9.17, 15) is 21.6 Å². The first-order valence-corrected chi connectivity index (χ1v) is 5.54. The van der Waals surface area contributed by atoms with E-state index in [-0.39, 0.29) is 4.68 Å². The molecule has 0 atom stereocenters. The number of hydrogen-bond donors (Lipinski definition) is 0. The smallest absolute Gasteiger partial charge is 0.244 e. The van der Waals surface area contributed by atoms with E-state index in [4.69, 9.17) is 10.7 Å². The van der Waals surface area contributed by atoms with Crippen LogP contribution in [0.2, 0.25) is 0 Å². The van der Waals surface area contributed by atoms with Gasteiger partial charge in [0.1, 0.15) is 6.54 Å². The molecule has 1 heterocycles. The molecule has 0 aromatic carbocycles. The van der Waals surface area contributed by atoms with Crippen LogP contribution in [0.15, 0.2) is 17.3 Å². The molecule has 0 aliphatic rings. The van der Waals surface area contributed by atoms with Crippen molar-refractivity contribution in [1.82, 2.24) is 9.78 Å². The van der Waals surface area contributed by atoms with Gasteiger partial charge in [0.05, 0.1) is 6.20 Å². The van der Waals surface area contributed by atoms with Crippen molar-refractivity contribution in [3.05, 3.63) is 12.3 Å². The Kier molecular flexibility index (Phi) is 2.77. The van der Waals surface area contributed by atoms with Gasteiger partial charge in [-0.15, -0.1) is 0 Å². The Morgan fingerprint density at radius 3 is 2.50 bits per heavy atom. The first-order chi connectivity index (χ1) is 6.20.